The van der Waals surface area contributed by atoms with Gasteiger partial charge < -0.3 is 20.1 Å². The average molecular weight is 365 g/mol. The zero-order valence-electron chi connectivity index (χ0n) is 15.5. The van der Waals surface area contributed by atoms with E-state index in [0.29, 0.717) is 19.5 Å². The lowest BCUT2D eigenvalue weighted by atomic mass is 10.1. The van der Waals surface area contributed by atoms with Crippen LogP contribution in [0.5, 0.6) is 11.5 Å². The highest BCUT2D eigenvalue weighted by Crippen LogP contribution is 2.12. The number of carbonyl (C=O) groups is 1. The van der Waals surface area contributed by atoms with E-state index in [1.54, 1.807) is 14.2 Å². The van der Waals surface area contributed by atoms with Crippen LogP contribution in [0.2, 0.25) is 0 Å². The smallest absolute Gasteiger partial charge is 0.263 e. The molecule has 2 rings (SSSR count). The molecule has 0 aliphatic heterocycles. The maximum Gasteiger partial charge on any atom is 0.263 e. The number of carbonyl (C=O) groups excluding carboxylic acids is 1. The van der Waals surface area contributed by atoms with Crippen molar-refractivity contribution in [3.05, 3.63) is 71.4 Å². The monoisotopic (exact) mass is 365 g/mol. The average Bonchev–Trinajstić information content (AvgIpc) is 2.72. The van der Waals surface area contributed by atoms with Gasteiger partial charge in [-0.1, -0.05) is 24.3 Å². The Bertz CT molecular complexity index is 806. The van der Waals surface area contributed by atoms with Crippen molar-refractivity contribution < 1.29 is 14.3 Å². The lowest BCUT2D eigenvalue weighted by molar-refractivity contribution is -0.117. The molecule has 2 aromatic carbocycles. The number of amides is 1. The molecule has 140 valence electrons. The Morgan fingerprint density at radius 3 is 2.07 bits per heavy atom. The predicted molar refractivity (Wildman–Crippen MR) is 103 cm³/mol. The Hall–Kier alpha value is -3.46. The summed E-state index contributed by atoms with van der Waals surface area (Å²) in [4.78, 5) is 12.1. The van der Waals surface area contributed by atoms with Crippen molar-refractivity contribution in [1.29, 1.82) is 5.26 Å². The van der Waals surface area contributed by atoms with E-state index in [9.17, 15) is 10.1 Å². The Kier molecular flexibility index (Phi) is 7.73. The van der Waals surface area contributed by atoms with Gasteiger partial charge in [0.05, 0.1) is 14.2 Å². The summed E-state index contributed by atoms with van der Waals surface area (Å²) >= 11 is 0. The third-order valence-corrected chi connectivity index (χ3v) is 3.94. The van der Waals surface area contributed by atoms with E-state index in [2.05, 4.69) is 10.6 Å². The van der Waals surface area contributed by atoms with E-state index in [4.69, 9.17) is 9.47 Å². The Morgan fingerprint density at radius 2 is 1.56 bits per heavy atom. The Balaban J connectivity index is 1.79. The Morgan fingerprint density at radius 1 is 1.00 bits per heavy atom. The third-order valence-electron chi connectivity index (χ3n) is 3.94. The highest BCUT2D eigenvalue weighted by molar-refractivity contribution is 5.97. The second-order valence-electron chi connectivity index (χ2n) is 5.75. The van der Waals surface area contributed by atoms with E-state index < -0.39 is 5.91 Å². The molecule has 27 heavy (non-hydrogen) atoms. The van der Waals surface area contributed by atoms with Gasteiger partial charge in [-0.2, -0.15) is 5.26 Å². The van der Waals surface area contributed by atoms with Gasteiger partial charge in [0.15, 0.2) is 0 Å². The molecule has 1 amide bonds. The molecule has 6 heteroatoms. The number of benzene rings is 2. The summed E-state index contributed by atoms with van der Waals surface area (Å²) in [5.74, 6) is 1.18. The van der Waals surface area contributed by atoms with Gasteiger partial charge in [-0.05, 0) is 41.8 Å². The summed E-state index contributed by atoms with van der Waals surface area (Å²) in [6.07, 6.45) is 2.11. The second-order valence-corrected chi connectivity index (χ2v) is 5.75. The van der Waals surface area contributed by atoms with Crippen molar-refractivity contribution in [2.75, 3.05) is 20.8 Å². The molecule has 0 spiro atoms. The van der Waals surface area contributed by atoms with E-state index in [0.717, 1.165) is 22.6 Å². The maximum absolute atomic E-state index is 12.1. The van der Waals surface area contributed by atoms with Gasteiger partial charge in [-0.25, -0.2) is 0 Å². The van der Waals surface area contributed by atoms with E-state index in [1.807, 2.05) is 54.6 Å². The van der Waals surface area contributed by atoms with Crippen LogP contribution in [0.3, 0.4) is 0 Å². The predicted octanol–water partition coefficient (Wildman–Crippen LogP) is 2.56. The van der Waals surface area contributed by atoms with Gasteiger partial charge in [0.25, 0.3) is 5.91 Å². The fraction of sp³-hybridized carbons (Fsp3) is 0.238. The van der Waals surface area contributed by atoms with Crippen LogP contribution in [-0.2, 0) is 17.8 Å². The van der Waals surface area contributed by atoms with E-state index in [1.165, 1.54) is 6.20 Å². The number of ether oxygens (including phenoxy) is 2. The molecule has 0 heterocycles. The summed E-state index contributed by atoms with van der Waals surface area (Å²) in [7, 11) is 3.23. The van der Waals surface area contributed by atoms with Crippen LogP contribution in [0, 0.1) is 11.3 Å². The van der Waals surface area contributed by atoms with Crippen LogP contribution in [-0.4, -0.2) is 26.7 Å². The van der Waals surface area contributed by atoms with Crippen molar-refractivity contribution in [1.82, 2.24) is 10.6 Å². The Labute approximate surface area is 159 Å². The number of hydrogen-bond acceptors (Lipinski definition) is 5. The molecule has 0 fully saturated rings. The number of nitrogens with zero attached hydrogens (tertiary/aromatic N) is 1. The van der Waals surface area contributed by atoms with Crippen molar-refractivity contribution in [2.24, 2.45) is 0 Å². The molecule has 0 unspecified atom stereocenters. The minimum Gasteiger partial charge on any atom is -0.497 e. The van der Waals surface area contributed by atoms with Crippen molar-refractivity contribution in [3.63, 3.8) is 0 Å². The number of nitriles is 1. The van der Waals surface area contributed by atoms with Crippen LogP contribution in [0.15, 0.2) is 60.3 Å². The molecule has 0 saturated heterocycles. The summed E-state index contributed by atoms with van der Waals surface area (Å²) in [6.45, 7) is 0.955. The zero-order valence-corrected chi connectivity index (χ0v) is 15.5. The first-order chi connectivity index (χ1) is 13.2. The van der Waals surface area contributed by atoms with Crippen LogP contribution in [0.4, 0.5) is 0 Å². The van der Waals surface area contributed by atoms with Crippen LogP contribution in [0.25, 0.3) is 0 Å². The summed E-state index contributed by atoms with van der Waals surface area (Å²) in [6, 6.07) is 17.1. The van der Waals surface area contributed by atoms with E-state index in [-0.39, 0.29) is 5.57 Å². The SMILES string of the molecule is COc1ccc(CCNC(=O)/C(C#N)=C\NCc2ccc(OC)cc2)cc1. The number of rotatable bonds is 9. The van der Waals surface area contributed by atoms with Crippen LogP contribution >= 0.6 is 0 Å². The largest absolute Gasteiger partial charge is 0.497 e. The van der Waals surface area contributed by atoms with Crippen molar-refractivity contribution in [2.45, 2.75) is 13.0 Å². The summed E-state index contributed by atoms with van der Waals surface area (Å²) < 4.78 is 10.2. The van der Waals surface area contributed by atoms with Gasteiger partial charge in [0.1, 0.15) is 23.1 Å². The molecule has 0 atom stereocenters. The molecular weight excluding hydrogens is 342 g/mol. The lowest BCUT2D eigenvalue weighted by Crippen LogP contribution is -2.27. The molecule has 0 bridgehead atoms. The van der Waals surface area contributed by atoms with E-state index >= 15 is 0 Å². The molecule has 2 aromatic rings. The van der Waals surface area contributed by atoms with Gasteiger partial charge in [-0.3, -0.25) is 4.79 Å². The van der Waals surface area contributed by atoms with Gasteiger partial charge in [0, 0.05) is 19.3 Å². The first-order valence-electron chi connectivity index (χ1n) is 8.54. The van der Waals surface area contributed by atoms with Crippen LogP contribution in [0.1, 0.15) is 11.1 Å². The molecule has 0 radical (unpaired) electrons. The molecular formula is C21H23N3O3. The van der Waals surface area contributed by atoms with Crippen LogP contribution < -0.4 is 20.1 Å². The number of hydrogen-bond donors (Lipinski definition) is 2. The fourth-order valence-electron chi connectivity index (χ4n) is 2.37. The normalized spacial score (nSPS) is 10.6. The van der Waals surface area contributed by atoms with Gasteiger partial charge >= 0.3 is 0 Å². The molecule has 6 nitrogen and oxygen atoms in total. The fourth-order valence-corrected chi connectivity index (χ4v) is 2.37. The first-order valence-corrected chi connectivity index (χ1v) is 8.54. The van der Waals surface area contributed by atoms with Gasteiger partial charge in [-0.15, -0.1) is 0 Å². The summed E-state index contributed by atoms with van der Waals surface area (Å²) in [5.41, 5.74) is 2.14. The van der Waals surface area contributed by atoms with Crippen molar-refractivity contribution >= 4 is 5.91 Å². The molecule has 0 aromatic heterocycles. The third kappa shape index (κ3) is 6.40. The maximum atomic E-state index is 12.1. The summed E-state index contributed by atoms with van der Waals surface area (Å²) in [5, 5.41) is 14.9. The molecule has 0 saturated carbocycles. The first kappa shape index (κ1) is 19.9. The quantitative estimate of drug-likeness (QED) is 0.527. The zero-order chi connectivity index (χ0) is 19.5. The minimum absolute atomic E-state index is 0.0400. The topological polar surface area (TPSA) is 83.4 Å². The minimum atomic E-state index is -0.395. The van der Waals surface area contributed by atoms with Gasteiger partial charge in [0.2, 0.25) is 0 Å². The number of nitrogens with one attached hydrogen (secondary N) is 2. The molecule has 0 aliphatic carbocycles. The second kappa shape index (κ2) is 10.5. The molecule has 0 aliphatic rings. The molecule has 2 N–H and O–H groups in total. The number of methoxy groups -OCH3 is 2. The highest BCUT2D eigenvalue weighted by atomic mass is 16.5. The highest BCUT2D eigenvalue weighted by Gasteiger charge is 2.08. The van der Waals surface area contributed by atoms with Crippen molar-refractivity contribution in [3.8, 4) is 17.6 Å². The standard InChI is InChI=1S/C21H23N3O3/c1-26-19-7-3-16(4-8-19)11-12-24-21(25)18(13-22)15-23-14-17-5-9-20(27-2)10-6-17/h3-10,15,23H,11-12,14H2,1-2H3,(H,24,25)/b18-15-. The lowest BCUT2D eigenvalue weighted by Gasteiger charge is -2.07.